The smallest absolute Gasteiger partial charge is 0.299 e. The maximum absolute atomic E-state index is 12.2. The van der Waals surface area contributed by atoms with Gasteiger partial charge in [-0.15, -0.1) is 0 Å². The molecule has 124 valence electrons. The highest BCUT2D eigenvalue weighted by Gasteiger charge is 2.35. The van der Waals surface area contributed by atoms with Crippen LogP contribution in [0.4, 0.5) is 5.69 Å². The third-order valence-electron chi connectivity index (χ3n) is 4.27. The van der Waals surface area contributed by atoms with Crippen LogP contribution in [0.2, 0.25) is 0 Å². The van der Waals surface area contributed by atoms with Gasteiger partial charge in [-0.3, -0.25) is 9.59 Å². The van der Waals surface area contributed by atoms with Crippen molar-refractivity contribution in [2.45, 2.75) is 20.3 Å². The average molecular weight is 388 g/mol. The molecule has 0 fully saturated rings. The molecule has 0 spiro atoms. The van der Waals surface area contributed by atoms with E-state index in [1.165, 1.54) is 10.5 Å². The van der Waals surface area contributed by atoms with Crippen molar-refractivity contribution >= 4 is 33.3 Å². The third kappa shape index (κ3) is 3.08. The third-order valence-corrected chi connectivity index (χ3v) is 4.77. The summed E-state index contributed by atoms with van der Waals surface area (Å²) in [6.07, 6.45) is 0.655. The zero-order valence-corrected chi connectivity index (χ0v) is 15.2. The maximum atomic E-state index is 12.2. The number of fused-ring (bicyclic) bond motifs is 1. The first-order valence-corrected chi connectivity index (χ1v) is 8.63. The first kappa shape index (κ1) is 16.7. The number of ether oxygens (including phenoxy) is 1. The van der Waals surface area contributed by atoms with Crippen molar-refractivity contribution in [3.8, 4) is 5.75 Å². The zero-order chi connectivity index (χ0) is 17.3. The first-order chi connectivity index (χ1) is 11.5. The fraction of sp³-hybridized carbons (Fsp3) is 0.263. The van der Waals surface area contributed by atoms with Gasteiger partial charge in [0, 0.05) is 11.0 Å². The van der Waals surface area contributed by atoms with Crippen LogP contribution in [0.25, 0.3) is 0 Å². The van der Waals surface area contributed by atoms with Crippen LogP contribution in [0.1, 0.15) is 27.9 Å². The van der Waals surface area contributed by atoms with Crippen LogP contribution in [0.5, 0.6) is 5.75 Å². The number of hydrogen-bond donors (Lipinski definition) is 0. The summed E-state index contributed by atoms with van der Waals surface area (Å²) in [7, 11) is 0. The van der Waals surface area contributed by atoms with Gasteiger partial charge in [-0.2, -0.15) is 0 Å². The molecule has 1 amide bonds. The number of ketones is 1. The zero-order valence-electron chi connectivity index (χ0n) is 13.6. The summed E-state index contributed by atoms with van der Waals surface area (Å²) in [5.74, 6) is -0.0419. The summed E-state index contributed by atoms with van der Waals surface area (Å²) in [6.45, 7) is 5.03. The van der Waals surface area contributed by atoms with Crippen LogP contribution >= 0.6 is 15.9 Å². The molecule has 0 unspecified atom stereocenters. The fourth-order valence-electron chi connectivity index (χ4n) is 2.78. The topological polar surface area (TPSA) is 46.6 Å². The minimum Gasteiger partial charge on any atom is -0.493 e. The van der Waals surface area contributed by atoms with Crippen LogP contribution in [-0.4, -0.2) is 24.8 Å². The average Bonchev–Trinajstić information content (AvgIpc) is 2.79. The molecule has 4 nitrogen and oxygen atoms in total. The number of halogens is 1. The van der Waals surface area contributed by atoms with Gasteiger partial charge in [-0.05, 0) is 55.7 Å². The van der Waals surface area contributed by atoms with Gasteiger partial charge in [0.05, 0.1) is 17.9 Å². The van der Waals surface area contributed by atoms with E-state index in [-0.39, 0.29) is 0 Å². The van der Waals surface area contributed by atoms with E-state index in [0.717, 1.165) is 15.8 Å². The standard InChI is InChI=1S/C19H18BrNO3/c1-12-5-3-6-17(13(12)2)24-10-4-9-21-16-8-7-14(20)11-15(16)18(22)19(21)23/h3,5-8,11H,4,9-10H2,1-2H3. The van der Waals surface area contributed by atoms with E-state index in [1.807, 2.05) is 38.1 Å². The van der Waals surface area contributed by atoms with E-state index >= 15 is 0 Å². The molecule has 24 heavy (non-hydrogen) atoms. The van der Waals surface area contributed by atoms with Crippen molar-refractivity contribution in [1.29, 1.82) is 0 Å². The summed E-state index contributed by atoms with van der Waals surface area (Å²) in [4.78, 5) is 25.7. The van der Waals surface area contributed by atoms with Crippen molar-refractivity contribution < 1.29 is 14.3 Å². The molecule has 2 aromatic rings. The number of nitrogens with zero attached hydrogens (tertiary/aromatic N) is 1. The Balaban J connectivity index is 1.63. The molecule has 5 heteroatoms. The summed E-state index contributed by atoms with van der Waals surface area (Å²) in [5, 5.41) is 0. The van der Waals surface area contributed by atoms with Gasteiger partial charge in [-0.25, -0.2) is 0 Å². The van der Waals surface area contributed by atoms with Gasteiger partial charge in [0.2, 0.25) is 0 Å². The van der Waals surface area contributed by atoms with E-state index < -0.39 is 11.7 Å². The molecule has 2 aromatic carbocycles. The highest BCUT2D eigenvalue weighted by atomic mass is 79.9. The quantitative estimate of drug-likeness (QED) is 0.573. The van der Waals surface area contributed by atoms with Gasteiger partial charge in [0.15, 0.2) is 0 Å². The van der Waals surface area contributed by atoms with E-state index in [9.17, 15) is 9.59 Å². The molecule has 0 saturated heterocycles. The molecule has 1 heterocycles. The number of anilines is 1. The second kappa shape index (κ2) is 6.77. The van der Waals surface area contributed by atoms with Crippen LogP contribution in [-0.2, 0) is 4.79 Å². The lowest BCUT2D eigenvalue weighted by Crippen LogP contribution is -2.31. The van der Waals surface area contributed by atoms with Gasteiger partial charge in [-0.1, -0.05) is 28.1 Å². The van der Waals surface area contributed by atoms with Crippen LogP contribution in [0, 0.1) is 13.8 Å². The monoisotopic (exact) mass is 387 g/mol. The van der Waals surface area contributed by atoms with E-state index in [0.29, 0.717) is 30.8 Å². The predicted molar refractivity (Wildman–Crippen MR) is 96.9 cm³/mol. The second-order valence-corrected chi connectivity index (χ2v) is 6.76. The summed E-state index contributed by atoms with van der Waals surface area (Å²) < 4.78 is 6.61. The van der Waals surface area contributed by atoms with E-state index in [1.54, 1.807) is 12.1 Å². The van der Waals surface area contributed by atoms with Crippen LogP contribution in [0.3, 0.4) is 0 Å². The molecule has 0 radical (unpaired) electrons. The highest BCUT2D eigenvalue weighted by Crippen LogP contribution is 2.31. The lowest BCUT2D eigenvalue weighted by Gasteiger charge is -2.17. The number of benzene rings is 2. The largest absolute Gasteiger partial charge is 0.493 e. The van der Waals surface area contributed by atoms with Crippen molar-refractivity contribution in [3.05, 3.63) is 57.6 Å². The Morgan fingerprint density at radius 3 is 2.71 bits per heavy atom. The van der Waals surface area contributed by atoms with Crippen molar-refractivity contribution in [1.82, 2.24) is 0 Å². The molecule has 0 atom stereocenters. The molecule has 0 aliphatic carbocycles. The molecular formula is C19H18BrNO3. The maximum Gasteiger partial charge on any atom is 0.299 e. The minimum absolute atomic E-state index is 0.443. The van der Waals surface area contributed by atoms with E-state index in [4.69, 9.17) is 4.74 Å². The van der Waals surface area contributed by atoms with Crippen molar-refractivity contribution in [2.24, 2.45) is 0 Å². The number of carbonyl (C=O) groups excluding carboxylic acids is 2. The molecule has 1 aliphatic heterocycles. The van der Waals surface area contributed by atoms with Crippen molar-refractivity contribution in [2.75, 3.05) is 18.1 Å². The Hall–Kier alpha value is -2.14. The molecular weight excluding hydrogens is 370 g/mol. The molecule has 0 bridgehead atoms. The van der Waals surface area contributed by atoms with Crippen molar-refractivity contribution in [3.63, 3.8) is 0 Å². The highest BCUT2D eigenvalue weighted by molar-refractivity contribution is 9.10. The Kier molecular flexibility index (Phi) is 4.71. The summed E-state index contributed by atoms with van der Waals surface area (Å²) in [5.41, 5.74) is 3.46. The predicted octanol–water partition coefficient (Wildman–Crippen LogP) is 4.06. The van der Waals surface area contributed by atoms with Gasteiger partial charge >= 0.3 is 0 Å². The normalized spacial score (nSPS) is 13.4. The number of Topliss-reactive ketones (excluding diaryl/α,β-unsaturated/α-hetero) is 1. The lowest BCUT2D eigenvalue weighted by atomic mass is 10.1. The molecule has 3 rings (SSSR count). The first-order valence-electron chi connectivity index (χ1n) is 7.84. The van der Waals surface area contributed by atoms with Gasteiger partial charge in [0.25, 0.3) is 11.7 Å². The van der Waals surface area contributed by atoms with Gasteiger partial charge < -0.3 is 9.64 Å². The second-order valence-electron chi connectivity index (χ2n) is 5.85. The molecule has 1 aliphatic rings. The SMILES string of the molecule is Cc1cccc(OCCCN2C(=O)C(=O)c3cc(Br)ccc32)c1C. The Labute approximate surface area is 149 Å². The van der Waals surface area contributed by atoms with Crippen LogP contribution in [0.15, 0.2) is 40.9 Å². The summed E-state index contributed by atoms with van der Waals surface area (Å²) >= 11 is 3.33. The molecule has 0 saturated carbocycles. The number of carbonyl (C=O) groups is 2. The van der Waals surface area contributed by atoms with Gasteiger partial charge in [0.1, 0.15) is 5.75 Å². The number of rotatable bonds is 5. The Morgan fingerprint density at radius 2 is 1.92 bits per heavy atom. The van der Waals surface area contributed by atoms with E-state index in [2.05, 4.69) is 15.9 Å². The minimum atomic E-state index is -0.463. The number of aryl methyl sites for hydroxylation is 1. The Morgan fingerprint density at radius 1 is 1.12 bits per heavy atom. The fourth-order valence-corrected chi connectivity index (χ4v) is 3.14. The Bertz CT molecular complexity index is 816. The van der Waals surface area contributed by atoms with Crippen LogP contribution < -0.4 is 9.64 Å². The lowest BCUT2D eigenvalue weighted by molar-refractivity contribution is -0.114. The molecule has 0 aromatic heterocycles. The number of hydrogen-bond acceptors (Lipinski definition) is 3. The molecule has 0 N–H and O–H groups in total. The summed E-state index contributed by atoms with van der Waals surface area (Å²) in [6, 6.07) is 11.3. The number of amides is 1.